The molecule has 3 rings (SSSR count). The van der Waals surface area contributed by atoms with E-state index in [1.54, 1.807) is 0 Å². The third kappa shape index (κ3) is 3.50. The summed E-state index contributed by atoms with van der Waals surface area (Å²) in [6, 6.07) is 18.4. The molecule has 108 valence electrons. The number of hydrogen-bond donors (Lipinski definition) is 1. The maximum Gasteiger partial charge on any atom is 0.0959 e. The molecule has 3 nitrogen and oxygen atoms in total. The number of rotatable bonds is 6. The lowest BCUT2D eigenvalue weighted by atomic mass is 10.1. The average molecular weight is 280 g/mol. The lowest BCUT2D eigenvalue weighted by molar-refractivity contribution is 0.143. The molecule has 0 radical (unpaired) electrons. The van der Waals surface area contributed by atoms with Gasteiger partial charge in [-0.15, -0.1) is 0 Å². The quantitative estimate of drug-likeness (QED) is 0.751. The number of aliphatic hydroxyl groups is 1. The number of fused-ring (bicyclic) bond motifs is 1. The Bertz CT molecular complexity index is 691. The van der Waals surface area contributed by atoms with Gasteiger partial charge in [-0.05, 0) is 37.0 Å². The average Bonchev–Trinajstić information content (AvgIpc) is 2.92. The zero-order chi connectivity index (χ0) is 14.5. The first-order valence-electron chi connectivity index (χ1n) is 7.45. The molecule has 2 aromatic carbocycles. The van der Waals surface area contributed by atoms with E-state index in [1.807, 2.05) is 41.2 Å². The summed E-state index contributed by atoms with van der Waals surface area (Å²) in [6.07, 6.45) is 4.30. The standard InChI is InChI=1S/C18H20N2O/c21-16(10-6-9-15-7-2-1-3-8-15)13-20-14-19-17-11-4-5-12-18(17)20/h1-5,7-8,11-12,14,16,21H,6,9-10,13H2. The Morgan fingerprint density at radius 2 is 1.76 bits per heavy atom. The predicted octanol–water partition coefficient (Wildman–Crippen LogP) is 3.42. The van der Waals surface area contributed by atoms with E-state index in [4.69, 9.17) is 0 Å². The van der Waals surface area contributed by atoms with E-state index in [-0.39, 0.29) is 6.10 Å². The van der Waals surface area contributed by atoms with Gasteiger partial charge < -0.3 is 9.67 Å². The van der Waals surface area contributed by atoms with Gasteiger partial charge in [0, 0.05) is 0 Å². The van der Waals surface area contributed by atoms with Gasteiger partial charge in [-0.3, -0.25) is 0 Å². The second-order valence-electron chi connectivity index (χ2n) is 5.42. The second kappa shape index (κ2) is 6.55. The van der Waals surface area contributed by atoms with E-state index >= 15 is 0 Å². The molecular weight excluding hydrogens is 260 g/mol. The van der Waals surface area contributed by atoms with E-state index < -0.39 is 0 Å². The third-order valence-electron chi connectivity index (χ3n) is 3.78. The second-order valence-corrected chi connectivity index (χ2v) is 5.42. The lowest BCUT2D eigenvalue weighted by Crippen LogP contribution is -2.15. The van der Waals surface area contributed by atoms with Crippen LogP contribution < -0.4 is 0 Å². The number of benzene rings is 2. The van der Waals surface area contributed by atoms with Gasteiger partial charge in [0.1, 0.15) is 0 Å². The van der Waals surface area contributed by atoms with E-state index in [1.165, 1.54) is 5.56 Å². The minimum atomic E-state index is -0.327. The number of hydrogen-bond acceptors (Lipinski definition) is 2. The van der Waals surface area contributed by atoms with Crippen molar-refractivity contribution in [2.45, 2.75) is 31.9 Å². The van der Waals surface area contributed by atoms with Crippen LogP contribution >= 0.6 is 0 Å². The molecule has 1 atom stereocenters. The lowest BCUT2D eigenvalue weighted by Gasteiger charge is -2.12. The van der Waals surface area contributed by atoms with Gasteiger partial charge >= 0.3 is 0 Å². The summed E-state index contributed by atoms with van der Waals surface area (Å²) >= 11 is 0. The van der Waals surface area contributed by atoms with Gasteiger partial charge in [-0.25, -0.2) is 4.98 Å². The number of aliphatic hydroxyl groups excluding tert-OH is 1. The van der Waals surface area contributed by atoms with Crippen LogP contribution in [0.2, 0.25) is 0 Å². The fourth-order valence-corrected chi connectivity index (χ4v) is 2.66. The molecule has 21 heavy (non-hydrogen) atoms. The number of nitrogens with zero attached hydrogens (tertiary/aromatic N) is 2. The fraction of sp³-hybridized carbons (Fsp3) is 0.278. The van der Waals surface area contributed by atoms with E-state index in [0.717, 1.165) is 30.3 Å². The van der Waals surface area contributed by atoms with Crippen molar-refractivity contribution in [1.82, 2.24) is 9.55 Å². The molecule has 0 bridgehead atoms. The maximum atomic E-state index is 10.2. The maximum absolute atomic E-state index is 10.2. The minimum absolute atomic E-state index is 0.327. The van der Waals surface area contributed by atoms with Crippen molar-refractivity contribution in [3.63, 3.8) is 0 Å². The van der Waals surface area contributed by atoms with Gasteiger partial charge in [0.05, 0.1) is 30.0 Å². The fourth-order valence-electron chi connectivity index (χ4n) is 2.66. The van der Waals surface area contributed by atoms with Crippen molar-refractivity contribution in [3.05, 3.63) is 66.5 Å². The minimum Gasteiger partial charge on any atom is -0.391 e. The zero-order valence-corrected chi connectivity index (χ0v) is 12.0. The summed E-state index contributed by atoms with van der Waals surface area (Å²) in [4.78, 5) is 4.35. The highest BCUT2D eigenvalue weighted by Gasteiger charge is 2.08. The molecule has 1 unspecified atom stereocenters. The van der Waals surface area contributed by atoms with Crippen molar-refractivity contribution in [3.8, 4) is 0 Å². The van der Waals surface area contributed by atoms with Crippen molar-refractivity contribution >= 4 is 11.0 Å². The summed E-state index contributed by atoms with van der Waals surface area (Å²) in [5, 5.41) is 10.2. The van der Waals surface area contributed by atoms with E-state index in [2.05, 4.69) is 29.2 Å². The number of para-hydroxylation sites is 2. The normalized spacial score (nSPS) is 12.6. The number of imidazole rings is 1. The monoisotopic (exact) mass is 280 g/mol. The molecule has 0 spiro atoms. The van der Waals surface area contributed by atoms with Crippen LogP contribution in [-0.2, 0) is 13.0 Å². The first kappa shape index (κ1) is 13.8. The van der Waals surface area contributed by atoms with Gasteiger partial charge in [0.25, 0.3) is 0 Å². The molecule has 1 heterocycles. The van der Waals surface area contributed by atoms with Crippen LogP contribution in [0.15, 0.2) is 60.9 Å². The van der Waals surface area contributed by atoms with Crippen molar-refractivity contribution in [2.24, 2.45) is 0 Å². The molecule has 1 aromatic heterocycles. The Hall–Kier alpha value is -2.13. The first-order chi connectivity index (χ1) is 10.3. The Morgan fingerprint density at radius 1 is 1.00 bits per heavy atom. The van der Waals surface area contributed by atoms with E-state index in [9.17, 15) is 5.11 Å². The Kier molecular flexibility index (Phi) is 4.31. The first-order valence-corrected chi connectivity index (χ1v) is 7.45. The van der Waals surface area contributed by atoms with Gasteiger partial charge in [0.2, 0.25) is 0 Å². The molecule has 1 N–H and O–H groups in total. The molecule has 0 aliphatic carbocycles. The number of aromatic nitrogens is 2. The molecule has 0 saturated heterocycles. The predicted molar refractivity (Wildman–Crippen MR) is 85.1 cm³/mol. The van der Waals surface area contributed by atoms with Crippen LogP contribution in [-0.4, -0.2) is 20.8 Å². The van der Waals surface area contributed by atoms with Crippen LogP contribution in [0.4, 0.5) is 0 Å². The van der Waals surface area contributed by atoms with Crippen molar-refractivity contribution in [2.75, 3.05) is 0 Å². The smallest absolute Gasteiger partial charge is 0.0959 e. The molecule has 3 aromatic rings. The molecule has 0 aliphatic rings. The molecule has 0 fully saturated rings. The Morgan fingerprint density at radius 3 is 2.62 bits per heavy atom. The highest BCUT2D eigenvalue weighted by atomic mass is 16.3. The highest BCUT2D eigenvalue weighted by Crippen LogP contribution is 2.14. The zero-order valence-electron chi connectivity index (χ0n) is 12.0. The van der Waals surface area contributed by atoms with Crippen molar-refractivity contribution < 1.29 is 5.11 Å². The summed E-state index contributed by atoms with van der Waals surface area (Å²) in [5.41, 5.74) is 3.39. The molecule has 0 aliphatic heterocycles. The molecule has 0 amide bonds. The third-order valence-corrected chi connectivity index (χ3v) is 3.78. The molecule has 0 saturated carbocycles. The number of aryl methyl sites for hydroxylation is 1. The summed E-state index contributed by atoms with van der Waals surface area (Å²) in [5.74, 6) is 0. The topological polar surface area (TPSA) is 38.0 Å². The summed E-state index contributed by atoms with van der Waals surface area (Å²) in [6.45, 7) is 0.606. The largest absolute Gasteiger partial charge is 0.391 e. The van der Waals surface area contributed by atoms with Crippen LogP contribution in [0.25, 0.3) is 11.0 Å². The highest BCUT2D eigenvalue weighted by molar-refractivity contribution is 5.74. The van der Waals surface area contributed by atoms with Gasteiger partial charge in [-0.1, -0.05) is 42.5 Å². The summed E-state index contributed by atoms with van der Waals surface area (Å²) < 4.78 is 2.03. The van der Waals surface area contributed by atoms with Crippen LogP contribution in [0, 0.1) is 0 Å². The van der Waals surface area contributed by atoms with E-state index in [0.29, 0.717) is 6.54 Å². The Labute approximate surface area is 124 Å². The summed E-state index contributed by atoms with van der Waals surface area (Å²) in [7, 11) is 0. The van der Waals surface area contributed by atoms with Crippen LogP contribution in [0.3, 0.4) is 0 Å². The van der Waals surface area contributed by atoms with Gasteiger partial charge in [0.15, 0.2) is 0 Å². The van der Waals surface area contributed by atoms with Gasteiger partial charge in [-0.2, -0.15) is 0 Å². The Balaban J connectivity index is 1.53. The molecular formula is C18H20N2O. The molecule has 3 heteroatoms. The van der Waals surface area contributed by atoms with Crippen LogP contribution in [0.5, 0.6) is 0 Å². The SMILES string of the molecule is OC(CCCc1ccccc1)Cn1cnc2ccccc21. The van der Waals surface area contributed by atoms with Crippen molar-refractivity contribution in [1.29, 1.82) is 0 Å². The van der Waals surface area contributed by atoms with Crippen LogP contribution in [0.1, 0.15) is 18.4 Å².